The molecule has 1 unspecified atom stereocenters. The molecule has 2 aromatic rings. The van der Waals surface area contributed by atoms with Gasteiger partial charge in [0.1, 0.15) is 0 Å². The fourth-order valence-corrected chi connectivity index (χ4v) is 3.50. The molecule has 1 aromatic carbocycles. The molecule has 0 saturated carbocycles. The summed E-state index contributed by atoms with van der Waals surface area (Å²) >= 11 is 0. The van der Waals surface area contributed by atoms with Crippen molar-refractivity contribution >= 4 is 0 Å². The van der Waals surface area contributed by atoms with E-state index in [9.17, 15) is 14.7 Å². The van der Waals surface area contributed by atoms with Gasteiger partial charge in [0, 0.05) is 17.5 Å². The van der Waals surface area contributed by atoms with Gasteiger partial charge in [0.05, 0.1) is 5.69 Å². The summed E-state index contributed by atoms with van der Waals surface area (Å²) in [5, 5.41) is 10.3. The zero-order valence-electron chi connectivity index (χ0n) is 11.6. The summed E-state index contributed by atoms with van der Waals surface area (Å²) in [6.07, 6.45) is 2.54. The van der Waals surface area contributed by atoms with Gasteiger partial charge >= 0.3 is 0 Å². The van der Waals surface area contributed by atoms with Crippen molar-refractivity contribution < 1.29 is 5.11 Å². The minimum absolute atomic E-state index is 0.157. The van der Waals surface area contributed by atoms with Crippen LogP contribution in [-0.4, -0.2) is 14.5 Å². The van der Waals surface area contributed by atoms with Crippen molar-refractivity contribution in [3.63, 3.8) is 0 Å². The Balaban J connectivity index is 2.14. The summed E-state index contributed by atoms with van der Waals surface area (Å²) in [6.45, 7) is 0. The molecule has 1 atom stereocenters. The quantitative estimate of drug-likeness (QED) is 0.782. The predicted octanol–water partition coefficient (Wildman–Crippen LogP) is 0.925. The van der Waals surface area contributed by atoms with E-state index in [-0.39, 0.29) is 11.1 Å². The van der Waals surface area contributed by atoms with Gasteiger partial charge in [-0.15, -0.1) is 0 Å². The van der Waals surface area contributed by atoms with Crippen LogP contribution >= 0.6 is 0 Å². The first-order valence-corrected chi connectivity index (χ1v) is 7.34. The van der Waals surface area contributed by atoms with Crippen molar-refractivity contribution in [2.45, 2.75) is 38.3 Å². The van der Waals surface area contributed by atoms with Gasteiger partial charge in [-0.2, -0.15) is 0 Å². The molecule has 2 aliphatic rings. The van der Waals surface area contributed by atoms with Gasteiger partial charge in [-0.1, -0.05) is 18.2 Å². The molecule has 4 rings (SSSR count). The van der Waals surface area contributed by atoms with Crippen LogP contribution in [0.1, 0.15) is 35.8 Å². The Morgan fingerprint density at radius 1 is 1.00 bits per heavy atom. The van der Waals surface area contributed by atoms with Crippen molar-refractivity contribution in [3.8, 4) is 5.69 Å². The Hall–Kier alpha value is -2.14. The predicted molar refractivity (Wildman–Crippen MR) is 77.9 cm³/mol. The number of nitrogens with zero attached hydrogens (tertiary/aromatic N) is 2. The Morgan fingerprint density at radius 2 is 1.67 bits per heavy atom. The number of aliphatic hydroxyl groups is 1. The summed E-state index contributed by atoms with van der Waals surface area (Å²) < 4.78 is 2.60. The normalized spacial score (nSPS) is 19.6. The molecular formula is C16H16N2O3. The summed E-state index contributed by atoms with van der Waals surface area (Å²) in [7, 11) is 0. The molecule has 5 heteroatoms. The van der Waals surface area contributed by atoms with Crippen molar-refractivity contribution in [2.24, 2.45) is 0 Å². The third-order valence-electron chi connectivity index (χ3n) is 4.50. The van der Waals surface area contributed by atoms with Gasteiger partial charge in [0.15, 0.2) is 6.23 Å². The number of fused-ring (bicyclic) bond motifs is 4. The highest BCUT2D eigenvalue weighted by Gasteiger charge is 2.29. The van der Waals surface area contributed by atoms with Crippen LogP contribution in [-0.2, 0) is 19.3 Å². The van der Waals surface area contributed by atoms with Gasteiger partial charge in [0.25, 0.3) is 11.1 Å². The maximum absolute atomic E-state index is 12.8. The smallest absolute Gasteiger partial charge is 0.273 e. The monoisotopic (exact) mass is 284 g/mol. The average Bonchev–Trinajstić information content (AvgIpc) is 2.51. The fourth-order valence-electron chi connectivity index (χ4n) is 3.50. The van der Waals surface area contributed by atoms with Crippen LogP contribution in [0.2, 0.25) is 0 Å². The Labute approximate surface area is 121 Å². The third-order valence-corrected chi connectivity index (χ3v) is 4.50. The van der Waals surface area contributed by atoms with E-state index in [0.29, 0.717) is 36.1 Å². The summed E-state index contributed by atoms with van der Waals surface area (Å²) in [6, 6.07) is 7.44. The van der Waals surface area contributed by atoms with Gasteiger partial charge in [0.2, 0.25) is 0 Å². The van der Waals surface area contributed by atoms with Crippen LogP contribution in [0.3, 0.4) is 0 Å². The van der Waals surface area contributed by atoms with E-state index in [0.717, 1.165) is 18.4 Å². The van der Waals surface area contributed by atoms with Gasteiger partial charge in [-0.25, -0.2) is 9.36 Å². The van der Waals surface area contributed by atoms with Crippen LogP contribution in [0.25, 0.3) is 5.69 Å². The molecule has 0 saturated heterocycles. The molecule has 1 aliphatic carbocycles. The highest BCUT2D eigenvalue weighted by molar-refractivity contribution is 5.43. The molecule has 5 nitrogen and oxygen atoms in total. The number of aliphatic hydroxyl groups excluding tert-OH is 1. The van der Waals surface area contributed by atoms with Crippen molar-refractivity contribution in [3.05, 3.63) is 61.7 Å². The maximum Gasteiger partial charge on any atom is 0.273 e. The van der Waals surface area contributed by atoms with E-state index in [1.54, 1.807) is 0 Å². The van der Waals surface area contributed by atoms with E-state index in [2.05, 4.69) is 0 Å². The Bertz CT molecular complexity index is 848. The third kappa shape index (κ3) is 1.67. The molecular weight excluding hydrogens is 268 g/mol. The van der Waals surface area contributed by atoms with E-state index in [1.807, 2.05) is 24.3 Å². The van der Waals surface area contributed by atoms with E-state index in [4.69, 9.17) is 0 Å². The molecule has 0 spiro atoms. The molecule has 1 N–H and O–H groups in total. The average molecular weight is 284 g/mol. The van der Waals surface area contributed by atoms with Crippen LogP contribution in [0, 0.1) is 0 Å². The van der Waals surface area contributed by atoms with Gasteiger partial charge in [-0.05, 0) is 37.3 Å². The molecule has 1 aromatic heterocycles. The topological polar surface area (TPSA) is 64.2 Å². The summed E-state index contributed by atoms with van der Waals surface area (Å²) in [4.78, 5) is 25.5. The second-order valence-corrected chi connectivity index (χ2v) is 5.74. The van der Waals surface area contributed by atoms with Crippen molar-refractivity contribution in [1.29, 1.82) is 0 Å². The molecule has 0 amide bonds. The zero-order valence-corrected chi connectivity index (χ0v) is 11.6. The summed E-state index contributed by atoms with van der Waals surface area (Å²) in [5.74, 6) is 0. The minimum Gasteiger partial charge on any atom is -0.371 e. The first-order valence-electron chi connectivity index (χ1n) is 7.34. The van der Waals surface area contributed by atoms with Crippen molar-refractivity contribution in [1.82, 2.24) is 9.36 Å². The minimum atomic E-state index is -0.979. The Morgan fingerprint density at radius 3 is 2.43 bits per heavy atom. The van der Waals surface area contributed by atoms with Crippen molar-refractivity contribution in [2.75, 3.05) is 0 Å². The molecule has 108 valence electrons. The zero-order chi connectivity index (χ0) is 14.6. The second kappa shape index (κ2) is 4.43. The van der Waals surface area contributed by atoms with Gasteiger partial charge in [-0.3, -0.25) is 9.59 Å². The highest BCUT2D eigenvalue weighted by Crippen LogP contribution is 2.25. The lowest BCUT2D eigenvalue weighted by atomic mass is 9.93. The first kappa shape index (κ1) is 12.6. The lowest BCUT2D eigenvalue weighted by Crippen LogP contribution is -2.47. The molecule has 21 heavy (non-hydrogen) atoms. The number of hydrogen-bond acceptors (Lipinski definition) is 3. The lowest BCUT2D eigenvalue weighted by molar-refractivity contribution is 0.0687. The first-order chi connectivity index (χ1) is 10.2. The molecule has 1 aliphatic heterocycles. The molecule has 0 radical (unpaired) electrons. The largest absolute Gasteiger partial charge is 0.371 e. The standard InChI is InChI=1S/C16H16N2O3/c19-14-9-10-5-1-4-8-13(10)17-15(20)11-6-2-3-7-12(11)16(21)18(14)17/h1,4-5,8,14,19H,2-3,6-7,9H2. The molecule has 2 heterocycles. The lowest BCUT2D eigenvalue weighted by Gasteiger charge is -2.29. The molecule has 0 fully saturated rings. The second-order valence-electron chi connectivity index (χ2n) is 5.74. The number of para-hydroxylation sites is 1. The highest BCUT2D eigenvalue weighted by atomic mass is 16.3. The molecule has 0 bridgehead atoms. The van der Waals surface area contributed by atoms with Crippen LogP contribution in [0.5, 0.6) is 0 Å². The maximum atomic E-state index is 12.8. The van der Waals surface area contributed by atoms with Crippen LogP contribution in [0.15, 0.2) is 33.9 Å². The summed E-state index contributed by atoms with van der Waals surface area (Å²) in [5.41, 5.74) is 2.45. The number of aromatic nitrogens is 2. The van der Waals surface area contributed by atoms with E-state index < -0.39 is 6.23 Å². The number of benzene rings is 1. The van der Waals surface area contributed by atoms with Crippen LogP contribution < -0.4 is 11.1 Å². The van der Waals surface area contributed by atoms with E-state index >= 15 is 0 Å². The number of hydrogen-bond donors (Lipinski definition) is 1. The van der Waals surface area contributed by atoms with E-state index in [1.165, 1.54) is 9.36 Å². The number of rotatable bonds is 0. The SMILES string of the molecule is O=c1c2c(c(=O)n3n1-c1ccccc1CC3O)CCCC2. The Kier molecular flexibility index (Phi) is 2.65. The fraction of sp³-hybridized carbons (Fsp3) is 0.375. The van der Waals surface area contributed by atoms with Crippen LogP contribution in [0.4, 0.5) is 0 Å². The van der Waals surface area contributed by atoms with Gasteiger partial charge < -0.3 is 5.11 Å².